The molecule has 4 nitrogen and oxygen atoms in total. The van der Waals surface area contributed by atoms with Crippen LogP contribution in [0.3, 0.4) is 0 Å². The zero-order chi connectivity index (χ0) is 22.9. The van der Waals surface area contributed by atoms with Crippen molar-refractivity contribution in [3.8, 4) is 5.69 Å². The number of benzene rings is 2. The van der Waals surface area contributed by atoms with Crippen molar-refractivity contribution in [3.05, 3.63) is 88.7 Å². The summed E-state index contributed by atoms with van der Waals surface area (Å²) in [4.78, 5) is 16.3. The van der Waals surface area contributed by atoms with E-state index in [9.17, 15) is 4.79 Å². The highest BCUT2D eigenvalue weighted by Crippen LogP contribution is 2.55. The van der Waals surface area contributed by atoms with Crippen LogP contribution in [-0.2, 0) is 6.54 Å². The Hall–Kier alpha value is -2.72. The summed E-state index contributed by atoms with van der Waals surface area (Å²) >= 11 is 6.24. The summed E-state index contributed by atoms with van der Waals surface area (Å²) < 4.78 is 2.24. The monoisotopic (exact) mass is 471 g/mol. The van der Waals surface area contributed by atoms with E-state index in [-0.39, 0.29) is 17.6 Å². The Morgan fingerprint density at radius 3 is 2.26 bits per heavy atom. The third kappa shape index (κ3) is 3.30. The molecule has 2 amide bonds. The highest BCUT2D eigenvalue weighted by atomic mass is 35.5. The van der Waals surface area contributed by atoms with E-state index in [4.69, 9.17) is 11.6 Å². The molecule has 1 N–H and O–H groups in total. The smallest absolute Gasteiger partial charge is 0.318 e. The van der Waals surface area contributed by atoms with Crippen LogP contribution in [0.4, 0.5) is 4.79 Å². The van der Waals surface area contributed by atoms with Gasteiger partial charge in [-0.25, -0.2) is 4.79 Å². The molecular formula is C29H30ClN3O. The summed E-state index contributed by atoms with van der Waals surface area (Å²) in [5.74, 6) is 2.38. The number of nitrogens with zero attached hydrogens (tertiary/aromatic N) is 2. The average Bonchev–Trinajstić information content (AvgIpc) is 3.23. The molecule has 4 saturated carbocycles. The number of aromatic nitrogens is 1. The molecule has 5 heteroatoms. The molecule has 4 aliphatic carbocycles. The van der Waals surface area contributed by atoms with Crippen LogP contribution >= 0.6 is 11.6 Å². The molecule has 1 aliphatic heterocycles. The Bertz CT molecular complexity index is 1210. The Balaban J connectivity index is 1.30. The van der Waals surface area contributed by atoms with Crippen LogP contribution < -0.4 is 5.32 Å². The molecule has 174 valence electrons. The third-order valence-corrected chi connectivity index (χ3v) is 9.07. The molecule has 1 aromatic heterocycles. The third-order valence-electron chi connectivity index (χ3n) is 8.82. The predicted molar refractivity (Wildman–Crippen MR) is 134 cm³/mol. The number of urea groups is 1. The minimum atomic E-state index is -0.187. The maximum atomic E-state index is 14.2. The van der Waals surface area contributed by atoms with Crippen molar-refractivity contribution in [3.63, 3.8) is 0 Å². The molecule has 0 saturated heterocycles. The summed E-state index contributed by atoms with van der Waals surface area (Å²) in [5.41, 5.74) is 4.47. The van der Waals surface area contributed by atoms with E-state index in [1.165, 1.54) is 19.3 Å². The molecule has 1 atom stereocenters. The van der Waals surface area contributed by atoms with E-state index in [0.29, 0.717) is 11.6 Å². The van der Waals surface area contributed by atoms with Crippen molar-refractivity contribution >= 4 is 17.6 Å². The van der Waals surface area contributed by atoms with E-state index in [1.807, 2.05) is 12.1 Å². The van der Waals surface area contributed by atoms with Gasteiger partial charge in [-0.2, -0.15) is 0 Å². The summed E-state index contributed by atoms with van der Waals surface area (Å²) in [6.45, 7) is 0.573. The molecule has 5 aliphatic rings. The number of hydrogen-bond acceptors (Lipinski definition) is 1. The largest absolute Gasteiger partial charge is 0.332 e. The molecular weight excluding hydrogens is 442 g/mol. The van der Waals surface area contributed by atoms with Crippen LogP contribution in [0, 0.1) is 17.8 Å². The molecule has 4 fully saturated rings. The lowest BCUT2D eigenvalue weighted by Crippen LogP contribution is -2.62. The van der Waals surface area contributed by atoms with Gasteiger partial charge in [0, 0.05) is 22.5 Å². The van der Waals surface area contributed by atoms with Crippen molar-refractivity contribution < 1.29 is 4.79 Å². The van der Waals surface area contributed by atoms with Crippen molar-refractivity contribution in [1.82, 2.24) is 14.8 Å². The summed E-state index contributed by atoms with van der Waals surface area (Å²) in [6, 6.07) is 20.5. The van der Waals surface area contributed by atoms with Crippen LogP contribution in [0.1, 0.15) is 61.4 Å². The maximum Gasteiger partial charge on any atom is 0.318 e. The van der Waals surface area contributed by atoms with Crippen molar-refractivity contribution in [1.29, 1.82) is 0 Å². The van der Waals surface area contributed by atoms with E-state index in [2.05, 4.69) is 69.5 Å². The first-order valence-electron chi connectivity index (χ1n) is 12.7. The second-order valence-corrected chi connectivity index (χ2v) is 11.6. The Morgan fingerprint density at radius 1 is 0.882 bits per heavy atom. The van der Waals surface area contributed by atoms with Gasteiger partial charge in [0.1, 0.15) is 0 Å². The number of fused-ring (bicyclic) bond motifs is 3. The van der Waals surface area contributed by atoms with Crippen LogP contribution in [-0.4, -0.2) is 21.0 Å². The van der Waals surface area contributed by atoms with Crippen molar-refractivity contribution in [2.45, 2.75) is 56.7 Å². The lowest BCUT2D eigenvalue weighted by molar-refractivity contribution is -0.0163. The van der Waals surface area contributed by atoms with Gasteiger partial charge in [0.25, 0.3) is 0 Å². The first-order valence-corrected chi connectivity index (χ1v) is 13.0. The second kappa shape index (κ2) is 7.64. The quantitative estimate of drug-likeness (QED) is 0.442. The summed E-state index contributed by atoms with van der Waals surface area (Å²) in [6.07, 6.45) is 9.66. The molecule has 3 aromatic rings. The second-order valence-electron chi connectivity index (χ2n) is 11.1. The zero-order valence-corrected chi connectivity index (χ0v) is 20.0. The van der Waals surface area contributed by atoms with Gasteiger partial charge >= 0.3 is 6.03 Å². The lowest BCUT2D eigenvalue weighted by Gasteiger charge is -2.57. The Labute approximate surface area is 205 Å². The number of nitrogens with one attached hydrogen (secondary N) is 1. The highest BCUT2D eigenvalue weighted by molar-refractivity contribution is 6.30. The van der Waals surface area contributed by atoms with Gasteiger partial charge in [-0.3, -0.25) is 0 Å². The fourth-order valence-electron chi connectivity index (χ4n) is 7.90. The van der Waals surface area contributed by atoms with Crippen molar-refractivity contribution in [2.24, 2.45) is 17.8 Å². The van der Waals surface area contributed by atoms with E-state index in [0.717, 1.165) is 59.5 Å². The number of carbonyl (C=O) groups excluding carboxylic acids is 1. The number of amides is 2. The fraction of sp³-hybridized carbons (Fsp3) is 0.414. The van der Waals surface area contributed by atoms with E-state index < -0.39 is 0 Å². The Kier molecular flexibility index (Phi) is 4.64. The van der Waals surface area contributed by atoms with Gasteiger partial charge in [0.15, 0.2) is 0 Å². The molecule has 2 heterocycles. The van der Waals surface area contributed by atoms with Gasteiger partial charge in [-0.15, -0.1) is 0 Å². The SMILES string of the molecule is O=C(NC12CC3CC(CC(C3)C1)C2)N1Cc2ccccc2-n2cccc2[C@H]1c1ccc(Cl)cc1. The van der Waals surface area contributed by atoms with Gasteiger partial charge in [-0.05, 0) is 97.7 Å². The number of para-hydroxylation sites is 1. The van der Waals surface area contributed by atoms with E-state index >= 15 is 0 Å². The molecule has 8 rings (SSSR count). The van der Waals surface area contributed by atoms with Crippen LogP contribution in [0.25, 0.3) is 5.69 Å². The Morgan fingerprint density at radius 2 is 1.56 bits per heavy atom. The van der Waals surface area contributed by atoms with Gasteiger partial charge in [0.05, 0.1) is 18.3 Å². The standard InChI is InChI=1S/C29H30ClN3O/c30-24-9-7-22(8-10-24)27-26-6-3-11-32(26)25-5-2-1-4-23(25)18-33(27)28(34)31-29-15-19-12-20(16-29)14-21(13-19)17-29/h1-11,19-21,27H,12-18H2,(H,31,34)/t19?,20?,21?,27-,29?/m1/s1. The highest BCUT2D eigenvalue weighted by Gasteiger charge is 2.52. The number of hydrogen-bond donors (Lipinski definition) is 1. The molecule has 0 unspecified atom stereocenters. The zero-order valence-electron chi connectivity index (χ0n) is 19.3. The fourth-order valence-corrected chi connectivity index (χ4v) is 8.02. The topological polar surface area (TPSA) is 37.3 Å². The lowest BCUT2D eigenvalue weighted by atomic mass is 9.53. The van der Waals surface area contributed by atoms with Crippen LogP contribution in [0.2, 0.25) is 5.02 Å². The van der Waals surface area contributed by atoms with E-state index in [1.54, 1.807) is 0 Å². The van der Waals surface area contributed by atoms with Crippen molar-refractivity contribution in [2.75, 3.05) is 0 Å². The molecule has 0 spiro atoms. The predicted octanol–water partition coefficient (Wildman–Crippen LogP) is 6.71. The molecule has 2 aromatic carbocycles. The first kappa shape index (κ1) is 20.6. The minimum absolute atomic E-state index is 0.0236. The van der Waals surface area contributed by atoms with Gasteiger partial charge in [0.2, 0.25) is 0 Å². The molecule has 34 heavy (non-hydrogen) atoms. The number of rotatable bonds is 2. The number of carbonyl (C=O) groups is 1. The van der Waals surface area contributed by atoms with Gasteiger partial charge < -0.3 is 14.8 Å². The van der Waals surface area contributed by atoms with Gasteiger partial charge in [-0.1, -0.05) is 41.9 Å². The van der Waals surface area contributed by atoms with Crippen LogP contribution in [0.5, 0.6) is 0 Å². The normalized spacial score (nSPS) is 31.0. The maximum absolute atomic E-state index is 14.2. The molecule has 4 bridgehead atoms. The first-order chi connectivity index (χ1) is 16.6. The summed E-state index contributed by atoms with van der Waals surface area (Å²) in [7, 11) is 0. The minimum Gasteiger partial charge on any atom is -0.332 e. The average molecular weight is 472 g/mol. The number of halogens is 1. The molecule has 0 radical (unpaired) electrons. The summed E-state index contributed by atoms with van der Waals surface area (Å²) in [5, 5.41) is 4.35. The van der Waals surface area contributed by atoms with Crippen LogP contribution in [0.15, 0.2) is 66.9 Å².